The summed E-state index contributed by atoms with van der Waals surface area (Å²) in [5.74, 6) is -0.401. The maximum absolute atomic E-state index is 13.8. The first-order valence-corrected chi connectivity index (χ1v) is 7.88. The summed E-state index contributed by atoms with van der Waals surface area (Å²) in [6, 6.07) is 3.46. The topological polar surface area (TPSA) is 76.3 Å². The van der Waals surface area contributed by atoms with Crippen molar-refractivity contribution in [2.24, 2.45) is 0 Å². The molecule has 1 heterocycles. The zero-order valence-corrected chi connectivity index (χ0v) is 12.8. The number of nitrogens with zero attached hydrogens (tertiary/aromatic N) is 3. The molecular weight excluding hydrogens is 304 g/mol. The van der Waals surface area contributed by atoms with E-state index in [4.69, 9.17) is 4.42 Å². The number of sulfonamides is 1. The van der Waals surface area contributed by atoms with Gasteiger partial charge in [-0.15, -0.1) is 19.4 Å². The molecule has 0 spiro atoms. The number of rotatable bonds is 4. The lowest BCUT2D eigenvalue weighted by molar-refractivity contribution is 0.511. The first-order valence-electron chi connectivity index (χ1n) is 5.62. The molecule has 0 saturated carbocycles. The molecule has 2 aromatic rings. The molecule has 0 fully saturated rings. The largest absolute Gasteiger partial charge is 0.421 e. The van der Waals surface area contributed by atoms with Crippen LogP contribution in [0, 0.1) is 12.7 Å². The molecule has 1 atom stereocenters. The van der Waals surface area contributed by atoms with Gasteiger partial charge >= 0.3 is 0 Å². The summed E-state index contributed by atoms with van der Waals surface area (Å²) in [6.45, 7) is 1.57. The monoisotopic (exact) mass is 317 g/mol. The molecule has 1 aromatic heterocycles. The molecule has 108 valence electrons. The minimum absolute atomic E-state index is 0.0327. The molecule has 0 N–H and O–H groups in total. The molecule has 1 unspecified atom stereocenters. The number of benzene rings is 1. The highest BCUT2D eigenvalue weighted by Crippen LogP contribution is 2.26. The third-order valence-corrected chi connectivity index (χ3v) is 5.29. The van der Waals surface area contributed by atoms with E-state index in [-0.39, 0.29) is 28.5 Å². The third kappa shape index (κ3) is 2.72. The first kappa shape index (κ1) is 15.0. The Morgan fingerprint density at radius 2 is 2.10 bits per heavy atom. The number of aryl methyl sites for hydroxylation is 1. The van der Waals surface area contributed by atoms with Gasteiger partial charge in [0.2, 0.25) is 15.9 Å². The summed E-state index contributed by atoms with van der Waals surface area (Å²) >= 11 is 0. The van der Waals surface area contributed by atoms with E-state index in [1.54, 1.807) is 6.92 Å². The highest BCUT2D eigenvalue weighted by Gasteiger charge is 2.22. The van der Waals surface area contributed by atoms with E-state index in [0.717, 1.165) is 10.4 Å². The fourth-order valence-corrected chi connectivity index (χ4v) is 3.16. The predicted octanol–water partition coefficient (Wildman–Crippen LogP) is 1.64. The number of aromatic nitrogens is 2. The van der Waals surface area contributed by atoms with Crippen molar-refractivity contribution in [1.82, 2.24) is 14.5 Å². The van der Waals surface area contributed by atoms with Crippen LogP contribution in [0.25, 0.3) is 11.5 Å². The van der Waals surface area contributed by atoms with Crippen molar-refractivity contribution >= 4 is 19.3 Å². The minimum Gasteiger partial charge on any atom is -0.421 e. The first-order chi connectivity index (χ1) is 9.36. The van der Waals surface area contributed by atoms with Gasteiger partial charge in [-0.1, -0.05) is 0 Å². The van der Waals surface area contributed by atoms with Crippen molar-refractivity contribution in [2.75, 3.05) is 13.3 Å². The summed E-state index contributed by atoms with van der Waals surface area (Å²) < 4.78 is 44.4. The van der Waals surface area contributed by atoms with Crippen molar-refractivity contribution in [3.63, 3.8) is 0 Å². The van der Waals surface area contributed by atoms with Crippen molar-refractivity contribution in [2.45, 2.75) is 11.8 Å². The Balaban J connectivity index is 2.55. The molecule has 0 aliphatic rings. The van der Waals surface area contributed by atoms with Crippen LogP contribution in [0.4, 0.5) is 4.39 Å². The van der Waals surface area contributed by atoms with Crippen LogP contribution in [0.15, 0.2) is 27.5 Å². The van der Waals surface area contributed by atoms with E-state index in [9.17, 15) is 12.8 Å². The molecule has 0 saturated heterocycles. The normalized spacial score (nSPS) is 12.1. The van der Waals surface area contributed by atoms with Crippen LogP contribution in [-0.4, -0.2) is 36.3 Å². The van der Waals surface area contributed by atoms with Crippen LogP contribution in [-0.2, 0) is 10.0 Å². The molecule has 0 aliphatic carbocycles. The van der Waals surface area contributed by atoms with E-state index in [0.29, 0.717) is 0 Å². The van der Waals surface area contributed by atoms with Crippen LogP contribution in [0.1, 0.15) is 5.89 Å². The summed E-state index contributed by atoms with van der Waals surface area (Å²) in [5, 5.41) is 7.30. The lowest BCUT2D eigenvalue weighted by atomic mass is 10.2. The quantitative estimate of drug-likeness (QED) is 0.801. The Kier molecular flexibility index (Phi) is 4.17. The molecule has 0 amide bonds. The average molecular weight is 317 g/mol. The number of hydrogen-bond acceptors (Lipinski definition) is 5. The highest BCUT2D eigenvalue weighted by molar-refractivity contribution is 7.89. The Bertz CT molecular complexity index is 732. The lowest BCUT2D eigenvalue weighted by Crippen LogP contribution is -2.25. The predicted molar refractivity (Wildman–Crippen MR) is 74.0 cm³/mol. The summed E-state index contributed by atoms with van der Waals surface area (Å²) in [4.78, 5) is -0.0327. The van der Waals surface area contributed by atoms with Gasteiger partial charge in [-0.25, -0.2) is 12.8 Å². The zero-order valence-electron chi connectivity index (χ0n) is 10.9. The molecule has 1 aromatic carbocycles. The molecular formula is C11H13FN3O3PS. The van der Waals surface area contributed by atoms with Gasteiger partial charge in [0.25, 0.3) is 5.89 Å². The maximum atomic E-state index is 13.8. The van der Waals surface area contributed by atoms with Gasteiger partial charge in [-0.05, 0) is 18.2 Å². The Morgan fingerprint density at radius 3 is 2.65 bits per heavy atom. The van der Waals surface area contributed by atoms with Crippen LogP contribution < -0.4 is 0 Å². The van der Waals surface area contributed by atoms with Gasteiger partial charge in [0, 0.05) is 20.3 Å². The van der Waals surface area contributed by atoms with Crippen LogP contribution >= 0.6 is 9.24 Å². The number of halogens is 1. The van der Waals surface area contributed by atoms with Crippen molar-refractivity contribution in [1.29, 1.82) is 0 Å². The van der Waals surface area contributed by atoms with E-state index in [1.165, 1.54) is 19.2 Å². The Morgan fingerprint density at radius 1 is 1.40 bits per heavy atom. The second-order valence-electron chi connectivity index (χ2n) is 4.05. The Labute approximate surface area is 118 Å². The summed E-state index contributed by atoms with van der Waals surface area (Å²) in [5.41, 5.74) is -0.0381. The molecule has 0 aliphatic heterocycles. The molecule has 9 heteroatoms. The molecule has 0 bridgehead atoms. The third-order valence-electron chi connectivity index (χ3n) is 2.66. The van der Waals surface area contributed by atoms with Crippen molar-refractivity contribution in [3.05, 3.63) is 29.9 Å². The van der Waals surface area contributed by atoms with Gasteiger partial charge in [0.05, 0.1) is 10.5 Å². The summed E-state index contributed by atoms with van der Waals surface area (Å²) in [7, 11) is 0.0706. The fraction of sp³-hybridized carbons (Fsp3) is 0.273. The zero-order chi connectivity index (χ0) is 14.9. The van der Waals surface area contributed by atoms with E-state index in [2.05, 4.69) is 19.4 Å². The van der Waals surface area contributed by atoms with Crippen LogP contribution in [0.5, 0.6) is 0 Å². The van der Waals surface area contributed by atoms with Crippen LogP contribution in [0.3, 0.4) is 0 Å². The van der Waals surface area contributed by atoms with Crippen LogP contribution in [0.2, 0.25) is 0 Å². The lowest BCUT2D eigenvalue weighted by Gasteiger charge is -2.15. The van der Waals surface area contributed by atoms with Crippen molar-refractivity contribution < 1.29 is 17.2 Å². The smallest absolute Gasteiger partial charge is 0.250 e. The highest BCUT2D eigenvalue weighted by atomic mass is 32.2. The molecule has 20 heavy (non-hydrogen) atoms. The van der Waals surface area contributed by atoms with Gasteiger partial charge in [0.15, 0.2) is 0 Å². The second kappa shape index (κ2) is 5.55. The van der Waals surface area contributed by atoms with Gasteiger partial charge < -0.3 is 4.42 Å². The molecule has 6 nitrogen and oxygen atoms in total. The maximum Gasteiger partial charge on any atom is 0.250 e. The second-order valence-corrected chi connectivity index (χ2v) is 6.46. The average Bonchev–Trinajstić information content (AvgIpc) is 2.84. The Hall–Kier alpha value is -1.37. The molecule has 0 radical (unpaired) electrons. The van der Waals surface area contributed by atoms with E-state index < -0.39 is 15.8 Å². The SMILES string of the molecule is Cc1nnc(-c2cc(S(=O)(=O)N(C)CP)ccc2F)o1. The van der Waals surface area contributed by atoms with Gasteiger partial charge in [-0.2, -0.15) is 4.31 Å². The standard InChI is InChI=1S/C11H13FN3O3PS/c1-7-13-14-11(18-7)9-5-8(3-4-10(9)12)20(16,17)15(2)6-19/h3-5H,6,19H2,1-2H3. The minimum atomic E-state index is -3.67. The molecule has 2 rings (SSSR count). The van der Waals surface area contributed by atoms with Gasteiger partial charge in [0.1, 0.15) is 5.82 Å². The van der Waals surface area contributed by atoms with Crippen molar-refractivity contribution in [3.8, 4) is 11.5 Å². The van der Waals surface area contributed by atoms with Gasteiger partial charge in [-0.3, -0.25) is 0 Å². The van der Waals surface area contributed by atoms with E-state index in [1.807, 2.05) is 0 Å². The number of hydrogen-bond donors (Lipinski definition) is 0. The summed E-state index contributed by atoms with van der Waals surface area (Å²) in [6.07, 6.45) is 0.231. The van der Waals surface area contributed by atoms with E-state index >= 15 is 0 Å². The fourth-order valence-electron chi connectivity index (χ4n) is 1.51.